The van der Waals surface area contributed by atoms with Crippen LogP contribution >= 0.6 is 0 Å². The fourth-order valence-corrected chi connectivity index (χ4v) is 3.06. The molecule has 1 heterocycles. The predicted octanol–water partition coefficient (Wildman–Crippen LogP) is 4.84. The van der Waals surface area contributed by atoms with E-state index >= 15 is 0 Å². The van der Waals surface area contributed by atoms with Crippen molar-refractivity contribution < 1.29 is 18.7 Å². The molecule has 26 heavy (non-hydrogen) atoms. The SMILES string of the molecule is CCOC(=O)c1ccc2nc(C)c(C)c(-c3c(F)cccc3OC)c2c1. The normalized spacial score (nSPS) is 10.8. The largest absolute Gasteiger partial charge is 0.496 e. The first-order valence-electron chi connectivity index (χ1n) is 8.38. The minimum atomic E-state index is -0.418. The number of methoxy groups -OCH3 is 1. The third-order valence-electron chi connectivity index (χ3n) is 4.43. The minimum absolute atomic E-state index is 0.288. The van der Waals surface area contributed by atoms with Crippen LogP contribution < -0.4 is 4.74 Å². The highest BCUT2D eigenvalue weighted by molar-refractivity contribution is 6.02. The number of nitrogens with zero attached hydrogens (tertiary/aromatic N) is 1. The van der Waals surface area contributed by atoms with E-state index < -0.39 is 5.97 Å². The molecule has 2 aromatic carbocycles. The van der Waals surface area contributed by atoms with Gasteiger partial charge in [-0.05, 0) is 56.7 Å². The summed E-state index contributed by atoms with van der Waals surface area (Å²) in [6.45, 7) is 5.81. The van der Waals surface area contributed by atoms with Crippen LogP contribution in [0, 0.1) is 19.7 Å². The second-order valence-electron chi connectivity index (χ2n) is 5.97. The van der Waals surface area contributed by atoms with Crippen LogP contribution in [0.25, 0.3) is 22.0 Å². The van der Waals surface area contributed by atoms with Crippen molar-refractivity contribution in [2.75, 3.05) is 13.7 Å². The van der Waals surface area contributed by atoms with E-state index in [-0.39, 0.29) is 12.4 Å². The highest BCUT2D eigenvalue weighted by Crippen LogP contribution is 2.39. The van der Waals surface area contributed by atoms with E-state index in [1.165, 1.54) is 13.2 Å². The first-order chi connectivity index (χ1) is 12.5. The molecule has 0 aliphatic rings. The van der Waals surface area contributed by atoms with Crippen molar-refractivity contribution in [1.29, 1.82) is 0 Å². The number of carbonyl (C=O) groups excluding carboxylic acids is 1. The summed E-state index contributed by atoms with van der Waals surface area (Å²) in [7, 11) is 1.51. The Kier molecular flexibility index (Phi) is 4.89. The van der Waals surface area contributed by atoms with Gasteiger partial charge in [0.25, 0.3) is 0 Å². The summed E-state index contributed by atoms with van der Waals surface area (Å²) < 4.78 is 25.2. The number of fused-ring (bicyclic) bond motifs is 1. The van der Waals surface area contributed by atoms with Crippen LogP contribution in [0.2, 0.25) is 0 Å². The van der Waals surface area contributed by atoms with Crippen molar-refractivity contribution in [1.82, 2.24) is 4.98 Å². The van der Waals surface area contributed by atoms with Gasteiger partial charge in [0.15, 0.2) is 0 Å². The molecule has 0 fully saturated rings. The fraction of sp³-hybridized carbons (Fsp3) is 0.238. The molecule has 0 N–H and O–H groups in total. The van der Waals surface area contributed by atoms with Crippen LogP contribution in [-0.2, 0) is 4.74 Å². The molecule has 0 saturated heterocycles. The summed E-state index contributed by atoms with van der Waals surface area (Å²) in [5.74, 6) is -0.374. The molecule has 0 aliphatic carbocycles. The van der Waals surface area contributed by atoms with Crippen LogP contribution in [0.4, 0.5) is 4.39 Å². The van der Waals surface area contributed by atoms with Gasteiger partial charge in [-0.2, -0.15) is 0 Å². The van der Waals surface area contributed by atoms with Crippen molar-refractivity contribution in [2.24, 2.45) is 0 Å². The van der Waals surface area contributed by atoms with Crippen LogP contribution in [0.1, 0.15) is 28.5 Å². The third-order valence-corrected chi connectivity index (χ3v) is 4.43. The average Bonchev–Trinajstić information content (AvgIpc) is 2.63. The molecule has 0 saturated carbocycles. The molecule has 3 aromatic rings. The first kappa shape index (κ1) is 17.9. The molecule has 0 radical (unpaired) electrons. The Labute approximate surface area is 151 Å². The van der Waals surface area contributed by atoms with Gasteiger partial charge in [-0.3, -0.25) is 4.98 Å². The van der Waals surface area contributed by atoms with Gasteiger partial charge in [0.1, 0.15) is 11.6 Å². The number of hydrogen-bond acceptors (Lipinski definition) is 4. The van der Waals surface area contributed by atoms with Gasteiger partial charge in [-0.15, -0.1) is 0 Å². The summed E-state index contributed by atoms with van der Waals surface area (Å²) in [6, 6.07) is 9.85. The molecule has 0 spiro atoms. The number of aromatic nitrogens is 1. The summed E-state index contributed by atoms with van der Waals surface area (Å²) in [5.41, 5.74) is 3.75. The van der Waals surface area contributed by atoms with Crippen molar-refractivity contribution >= 4 is 16.9 Å². The first-order valence-corrected chi connectivity index (χ1v) is 8.38. The molecule has 0 atom stereocenters. The van der Waals surface area contributed by atoms with Gasteiger partial charge < -0.3 is 9.47 Å². The van der Waals surface area contributed by atoms with Gasteiger partial charge in [0.05, 0.1) is 30.4 Å². The molecule has 0 bridgehead atoms. The average molecular weight is 353 g/mol. The van der Waals surface area contributed by atoms with Crippen molar-refractivity contribution in [3.05, 3.63) is 59.0 Å². The van der Waals surface area contributed by atoms with E-state index in [1.807, 2.05) is 13.8 Å². The number of pyridine rings is 1. The number of aryl methyl sites for hydroxylation is 1. The molecular weight excluding hydrogens is 333 g/mol. The van der Waals surface area contributed by atoms with E-state index in [1.54, 1.807) is 37.3 Å². The lowest BCUT2D eigenvalue weighted by atomic mass is 9.93. The van der Waals surface area contributed by atoms with E-state index in [0.29, 0.717) is 33.3 Å². The van der Waals surface area contributed by atoms with Crippen LogP contribution in [0.15, 0.2) is 36.4 Å². The molecule has 0 amide bonds. The third kappa shape index (κ3) is 3.01. The van der Waals surface area contributed by atoms with E-state index in [9.17, 15) is 9.18 Å². The zero-order valence-electron chi connectivity index (χ0n) is 15.2. The monoisotopic (exact) mass is 353 g/mol. The number of benzene rings is 2. The van der Waals surface area contributed by atoms with Gasteiger partial charge in [-0.25, -0.2) is 9.18 Å². The van der Waals surface area contributed by atoms with E-state index in [0.717, 1.165) is 11.3 Å². The number of esters is 1. The minimum Gasteiger partial charge on any atom is -0.496 e. The Balaban J connectivity index is 2.38. The Morgan fingerprint density at radius 1 is 1.15 bits per heavy atom. The van der Waals surface area contributed by atoms with E-state index in [2.05, 4.69) is 4.98 Å². The second kappa shape index (κ2) is 7.12. The Morgan fingerprint density at radius 3 is 2.62 bits per heavy atom. The zero-order valence-corrected chi connectivity index (χ0v) is 15.2. The smallest absolute Gasteiger partial charge is 0.338 e. The van der Waals surface area contributed by atoms with Gasteiger partial charge in [0.2, 0.25) is 0 Å². The molecular formula is C21H20FNO3. The van der Waals surface area contributed by atoms with Gasteiger partial charge >= 0.3 is 5.97 Å². The maximum absolute atomic E-state index is 14.8. The molecule has 0 aliphatic heterocycles. The second-order valence-corrected chi connectivity index (χ2v) is 5.97. The van der Waals surface area contributed by atoms with Gasteiger partial charge in [-0.1, -0.05) is 6.07 Å². The standard InChI is InChI=1S/C21H20FNO3/c1-5-26-21(24)14-9-10-17-15(11-14)19(12(2)13(3)23-17)20-16(22)7-6-8-18(20)25-4/h6-11H,5H2,1-4H3. The van der Waals surface area contributed by atoms with Crippen molar-refractivity contribution in [3.8, 4) is 16.9 Å². The van der Waals surface area contributed by atoms with Crippen LogP contribution in [-0.4, -0.2) is 24.7 Å². The van der Waals surface area contributed by atoms with Crippen molar-refractivity contribution in [2.45, 2.75) is 20.8 Å². The fourth-order valence-electron chi connectivity index (χ4n) is 3.06. The lowest BCUT2D eigenvalue weighted by molar-refractivity contribution is 0.0526. The Bertz CT molecular complexity index is 998. The molecule has 0 unspecified atom stereocenters. The number of halogens is 1. The molecule has 4 nitrogen and oxygen atoms in total. The van der Waals surface area contributed by atoms with Crippen molar-refractivity contribution in [3.63, 3.8) is 0 Å². The highest BCUT2D eigenvalue weighted by Gasteiger charge is 2.20. The maximum atomic E-state index is 14.8. The maximum Gasteiger partial charge on any atom is 0.338 e. The molecule has 5 heteroatoms. The number of ether oxygens (including phenoxy) is 2. The predicted molar refractivity (Wildman–Crippen MR) is 99.1 cm³/mol. The lowest BCUT2D eigenvalue weighted by Gasteiger charge is -2.17. The van der Waals surface area contributed by atoms with Crippen LogP contribution in [0.3, 0.4) is 0 Å². The highest BCUT2D eigenvalue weighted by atomic mass is 19.1. The lowest BCUT2D eigenvalue weighted by Crippen LogP contribution is -2.05. The quantitative estimate of drug-likeness (QED) is 0.630. The summed E-state index contributed by atoms with van der Waals surface area (Å²) in [6.07, 6.45) is 0. The molecule has 134 valence electrons. The number of carbonyl (C=O) groups is 1. The van der Waals surface area contributed by atoms with Gasteiger partial charge in [0, 0.05) is 16.6 Å². The van der Waals surface area contributed by atoms with E-state index in [4.69, 9.17) is 9.47 Å². The molecule has 1 aromatic heterocycles. The zero-order chi connectivity index (χ0) is 18.8. The number of hydrogen-bond donors (Lipinski definition) is 0. The molecule has 3 rings (SSSR count). The summed E-state index contributed by atoms with van der Waals surface area (Å²) in [4.78, 5) is 16.7. The Hall–Kier alpha value is -2.95. The van der Waals surface area contributed by atoms with Crippen LogP contribution in [0.5, 0.6) is 5.75 Å². The summed E-state index contributed by atoms with van der Waals surface area (Å²) in [5, 5.41) is 0.682. The topological polar surface area (TPSA) is 48.4 Å². The summed E-state index contributed by atoms with van der Waals surface area (Å²) >= 11 is 0. The Morgan fingerprint density at radius 2 is 1.92 bits per heavy atom. The number of rotatable bonds is 4.